The van der Waals surface area contributed by atoms with Crippen molar-refractivity contribution in [1.82, 2.24) is 9.88 Å². The van der Waals surface area contributed by atoms with Gasteiger partial charge in [0.25, 0.3) is 21.2 Å². The van der Waals surface area contributed by atoms with Gasteiger partial charge < -0.3 is 14.8 Å². The molecule has 4 rings (SSSR count). The Morgan fingerprint density at radius 1 is 1.08 bits per heavy atom. The molecule has 1 saturated heterocycles. The number of nitrogens with one attached hydrogen (secondary N) is 2. The number of sulfonamides is 1. The third-order valence-corrected chi connectivity index (χ3v) is 8.06. The zero-order valence-electron chi connectivity index (χ0n) is 19.5. The highest BCUT2D eigenvalue weighted by molar-refractivity contribution is 8.18. The maximum atomic E-state index is 12.8. The second-order valence-electron chi connectivity index (χ2n) is 7.40. The summed E-state index contributed by atoms with van der Waals surface area (Å²) in [6.45, 7) is -0.500. The molecular formula is C23H20N4O7S3. The molecule has 2 heterocycles. The molecule has 1 aromatic heterocycles. The monoisotopic (exact) mass is 560 g/mol. The van der Waals surface area contributed by atoms with Crippen molar-refractivity contribution in [3.63, 3.8) is 0 Å². The molecule has 1 aliphatic heterocycles. The van der Waals surface area contributed by atoms with Crippen LogP contribution in [0, 0.1) is 0 Å². The highest BCUT2D eigenvalue weighted by Crippen LogP contribution is 2.34. The van der Waals surface area contributed by atoms with Gasteiger partial charge >= 0.3 is 0 Å². The number of ether oxygens (including phenoxy) is 2. The molecule has 192 valence electrons. The van der Waals surface area contributed by atoms with Gasteiger partial charge in [-0.1, -0.05) is 6.07 Å². The molecular weight excluding hydrogens is 540 g/mol. The molecule has 0 bridgehead atoms. The van der Waals surface area contributed by atoms with Crippen LogP contribution in [0.3, 0.4) is 0 Å². The summed E-state index contributed by atoms with van der Waals surface area (Å²) in [6, 6.07) is 10.5. The molecule has 0 spiro atoms. The molecule has 0 saturated carbocycles. The average Bonchev–Trinajstić information content (AvgIpc) is 3.47. The van der Waals surface area contributed by atoms with Gasteiger partial charge in [0.2, 0.25) is 5.91 Å². The number of benzene rings is 2. The van der Waals surface area contributed by atoms with Gasteiger partial charge in [-0.15, -0.1) is 11.3 Å². The fourth-order valence-corrected chi connectivity index (χ4v) is 5.87. The standard InChI is InChI=1S/C23H20N4O7S3/c1-33-17-8-3-14(11-18(17)34-2)12-19-21(29)27(23(30)36-19)13-20(28)25-15-4-6-16(7-5-15)37(31,32)26-22-24-9-10-35-22/h3-12H,13H2,1-2H3,(H,24,26)(H,25,28). The number of anilines is 2. The second-order valence-corrected chi connectivity index (χ2v) is 11.0. The molecule has 11 nitrogen and oxygen atoms in total. The number of thioether (sulfide) groups is 1. The summed E-state index contributed by atoms with van der Waals surface area (Å²) in [6.07, 6.45) is 3.01. The van der Waals surface area contributed by atoms with E-state index in [0.717, 1.165) is 28.0 Å². The molecule has 3 aromatic rings. The van der Waals surface area contributed by atoms with E-state index in [1.54, 1.807) is 23.6 Å². The van der Waals surface area contributed by atoms with E-state index in [9.17, 15) is 22.8 Å². The Labute approximate surface area is 220 Å². The van der Waals surface area contributed by atoms with E-state index in [1.165, 1.54) is 50.8 Å². The minimum atomic E-state index is -3.84. The van der Waals surface area contributed by atoms with Crippen molar-refractivity contribution in [2.24, 2.45) is 0 Å². The Balaban J connectivity index is 1.39. The number of imide groups is 1. The Hall–Kier alpha value is -3.88. The first-order valence-corrected chi connectivity index (χ1v) is 13.7. The van der Waals surface area contributed by atoms with Crippen LogP contribution >= 0.6 is 23.1 Å². The first-order chi connectivity index (χ1) is 17.7. The quantitative estimate of drug-likeness (QED) is 0.375. The summed E-state index contributed by atoms with van der Waals surface area (Å²) in [4.78, 5) is 42.6. The van der Waals surface area contributed by atoms with Crippen molar-refractivity contribution in [3.8, 4) is 11.5 Å². The number of hydrogen-bond acceptors (Lipinski definition) is 10. The second kappa shape index (κ2) is 11.0. The summed E-state index contributed by atoms with van der Waals surface area (Å²) < 4.78 is 37.7. The predicted molar refractivity (Wildman–Crippen MR) is 140 cm³/mol. The molecule has 0 atom stereocenters. The van der Waals surface area contributed by atoms with Crippen LogP contribution in [0.1, 0.15) is 5.56 Å². The van der Waals surface area contributed by atoms with E-state index < -0.39 is 33.6 Å². The summed E-state index contributed by atoms with van der Waals surface area (Å²) in [5, 5.41) is 3.84. The number of carbonyl (C=O) groups is 3. The van der Waals surface area contributed by atoms with Crippen molar-refractivity contribution in [3.05, 3.63) is 64.5 Å². The predicted octanol–water partition coefficient (Wildman–Crippen LogP) is 3.64. The number of carbonyl (C=O) groups excluding carboxylic acids is 3. The summed E-state index contributed by atoms with van der Waals surface area (Å²) in [5.41, 5.74) is 0.915. The molecule has 0 aliphatic carbocycles. The van der Waals surface area contributed by atoms with Gasteiger partial charge in [-0.2, -0.15) is 0 Å². The fourth-order valence-electron chi connectivity index (χ4n) is 3.24. The van der Waals surface area contributed by atoms with Crippen LogP contribution in [0.5, 0.6) is 11.5 Å². The Bertz CT molecular complexity index is 1470. The Kier molecular flexibility index (Phi) is 7.80. The lowest BCUT2D eigenvalue weighted by atomic mass is 10.2. The molecule has 1 aliphatic rings. The van der Waals surface area contributed by atoms with Crippen molar-refractivity contribution in [2.75, 3.05) is 30.8 Å². The minimum absolute atomic E-state index is 0.0214. The lowest BCUT2D eigenvalue weighted by molar-refractivity contribution is -0.127. The minimum Gasteiger partial charge on any atom is -0.493 e. The van der Waals surface area contributed by atoms with E-state index in [-0.39, 0.29) is 14.9 Å². The van der Waals surface area contributed by atoms with E-state index in [4.69, 9.17) is 9.47 Å². The van der Waals surface area contributed by atoms with Gasteiger partial charge in [0, 0.05) is 17.3 Å². The highest BCUT2D eigenvalue weighted by Gasteiger charge is 2.36. The topological polar surface area (TPSA) is 144 Å². The third-order valence-electron chi connectivity index (χ3n) is 4.98. The molecule has 0 unspecified atom stereocenters. The van der Waals surface area contributed by atoms with Crippen molar-refractivity contribution >= 4 is 67.1 Å². The highest BCUT2D eigenvalue weighted by atomic mass is 32.2. The van der Waals surface area contributed by atoms with Gasteiger partial charge in [-0.3, -0.25) is 24.0 Å². The zero-order chi connectivity index (χ0) is 26.6. The first-order valence-electron chi connectivity index (χ1n) is 10.5. The molecule has 2 aromatic carbocycles. The summed E-state index contributed by atoms with van der Waals surface area (Å²) in [5.74, 6) is -0.237. The van der Waals surface area contributed by atoms with Crippen LogP contribution < -0.4 is 19.5 Å². The third kappa shape index (κ3) is 6.10. The SMILES string of the molecule is COc1ccc(C=C2SC(=O)N(CC(=O)Nc3ccc(S(=O)(=O)Nc4nccs4)cc3)C2=O)cc1OC. The van der Waals surface area contributed by atoms with Crippen molar-refractivity contribution in [2.45, 2.75) is 4.90 Å². The normalized spacial score (nSPS) is 14.6. The molecule has 1 fully saturated rings. The van der Waals surface area contributed by atoms with Gasteiger partial charge in [-0.05, 0) is 59.8 Å². The number of amides is 3. The van der Waals surface area contributed by atoms with Gasteiger partial charge in [-0.25, -0.2) is 13.4 Å². The van der Waals surface area contributed by atoms with Gasteiger partial charge in [0.05, 0.1) is 24.0 Å². The van der Waals surface area contributed by atoms with Crippen LogP contribution in [-0.2, 0) is 19.6 Å². The molecule has 14 heteroatoms. The van der Waals surface area contributed by atoms with Crippen molar-refractivity contribution < 1.29 is 32.3 Å². The molecule has 2 N–H and O–H groups in total. The number of thiazole rings is 1. The molecule has 0 radical (unpaired) electrons. The van der Waals surface area contributed by atoms with E-state index in [2.05, 4.69) is 15.0 Å². The van der Waals surface area contributed by atoms with E-state index >= 15 is 0 Å². The van der Waals surface area contributed by atoms with Crippen LogP contribution in [-0.4, -0.2) is 56.1 Å². The average molecular weight is 561 g/mol. The smallest absolute Gasteiger partial charge is 0.294 e. The van der Waals surface area contributed by atoms with Crippen LogP contribution in [0.15, 0.2) is 63.8 Å². The van der Waals surface area contributed by atoms with Crippen molar-refractivity contribution in [1.29, 1.82) is 0 Å². The number of aromatic nitrogens is 1. The van der Waals surface area contributed by atoms with E-state index in [0.29, 0.717) is 22.7 Å². The van der Waals surface area contributed by atoms with Gasteiger partial charge in [0.1, 0.15) is 6.54 Å². The summed E-state index contributed by atoms with van der Waals surface area (Å²) in [7, 11) is -0.847. The number of hydrogen-bond donors (Lipinski definition) is 2. The van der Waals surface area contributed by atoms with Crippen LogP contribution in [0.4, 0.5) is 15.6 Å². The first kappa shape index (κ1) is 26.2. The van der Waals surface area contributed by atoms with Gasteiger partial charge in [0.15, 0.2) is 16.6 Å². The van der Waals surface area contributed by atoms with E-state index in [1.807, 2.05) is 0 Å². The fraction of sp³-hybridized carbons (Fsp3) is 0.130. The number of nitrogens with zero attached hydrogens (tertiary/aromatic N) is 2. The number of rotatable bonds is 9. The zero-order valence-corrected chi connectivity index (χ0v) is 21.9. The van der Waals surface area contributed by atoms with Crippen LogP contribution in [0.2, 0.25) is 0 Å². The maximum absolute atomic E-state index is 12.8. The molecule has 3 amide bonds. The Morgan fingerprint density at radius 3 is 2.46 bits per heavy atom. The lowest BCUT2D eigenvalue weighted by Gasteiger charge is -2.13. The Morgan fingerprint density at radius 2 is 1.81 bits per heavy atom. The molecule has 37 heavy (non-hydrogen) atoms. The summed E-state index contributed by atoms with van der Waals surface area (Å²) >= 11 is 1.86. The number of methoxy groups -OCH3 is 2. The largest absolute Gasteiger partial charge is 0.493 e. The lowest BCUT2D eigenvalue weighted by Crippen LogP contribution is -2.36. The van der Waals surface area contributed by atoms with Crippen LogP contribution in [0.25, 0.3) is 6.08 Å². The maximum Gasteiger partial charge on any atom is 0.294 e.